The van der Waals surface area contributed by atoms with Crippen LogP contribution in [-0.2, 0) is 16.1 Å². The van der Waals surface area contributed by atoms with Gasteiger partial charge >= 0.3 is 0 Å². The summed E-state index contributed by atoms with van der Waals surface area (Å²) in [5.74, 6) is -0.744. The van der Waals surface area contributed by atoms with Crippen LogP contribution in [0.5, 0.6) is 5.75 Å². The summed E-state index contributed by atoms with van der Waals surface area (Å²) < 4.78 is 25.1. The molecule has 2 aromatic rings. The van der Waals surface area contributed by atoms with Crippen LogP contribution in [0.2, 0.25) is 10.0 Å². The lowest BCUT2D eigenvalue weighted by Gasteiger charge is -2.55. The lowest BCUT2D eigenvalue weighted by molar-refractivity contribution is -0.176. The van der Waals surface area contributed by atoms with E-state index in [2.05, 4.69) is 5.32 Å². The lowest BCUT2D eigenvalue weighted by atomic mass is 9.61. The lowest BCUT2D eigenvalue weighted by Crippen LogP contribution is -2.67. The second kappa shape index (κ2) is 8.94. The van der Waals surface area contributed by atoms with Gasteiger partial charge in [-0.3, -0.25) is 4.79 Å². The highest BCUT2D eigenvalue weighted by Crippen LogP contribution is 2.49. The van der Waals surface area contributed by atoms with E-state index in [-0.39, 0.29) is 28.9 Å². The third-order valence-corrected chi connectivity index (χ3v) is 6.92. The Morgan fingerprint density at radius 3 is 2.48 bits per heavy atom. The second-order valence-corrected chi connectivity index (χ2v) is 9.23. The Morgan fingerprint density at radius 1 is 1.13 bits per heavy atom. The maximum Gasteiger partial charge on any atom is 0.258 e. The van der Waals surface area contributed by atoms with Crippen LogP contribution in [0.1, 0.15) is 37.7 Å². The summed E-state index contributed by atoms with van der Waals surface area (Å²) in [6.45, 7) is 0.183. The van der Waals surface area contributed by atoms with E-state index in [4.69, 9.17) is 32.7 Å². The highest BCUT2D eigenvalue weighted by Gasteiger charge is 2.55. The van der Waals surface area contributed by atoms with Crippen molar-refractivity contribution in [2.75, 3.05) is 6.61 Å². The summed E-state index contributed by atoms with van der Waals surface area (Å²) >= 11 is 11.6. The summed E-state index contributed by atoms with van der Waals surface area (Å²) in [6.07, 6.45) is 2.50. The largest absolute Gasteiger partial charge is 0.484 e. The average Bonchev–Trinajstić information content (AvgIpc) is 2.76. The standard InChI is InChI=1S/C23H24Cl2FNO4/c24-16-3-1-15(2-4-16)13-31-22-7-9-23(10-8-22,20(28)12-22)27-21(29)14-30-17-5-6-18(25)19(26)11-17/h1-6,11,20,28H,7-10,12-14H2,(H,27,29)/t20-,22?,23?/m0/s1. The maximum atomic E-state index is 13.5. The van der Waals surface area contributed by atoms with E-state index >= 15 is 0 Å². The smallest absolute Gasteiger partial charge is 0.258 e. The van der Waals surface area contributed by atoms with Gasteiger partial charge in [-0.1, -0.05) is 35.3 Å². The van der Waals surface area contributed by atoms with Crippen LogP contribution in [0.4, 0.5) is 4.39 Å². The van der Waals surface area contributed by atoms with E-state index in [1.165, 1.54) is 12.1 Å². The minimum absolute atomic E-state index is 0.00927. The van der Waals surface area contributed by atoms with Gasteiger partial charge in [-0.05, 0) is 55.5 Å². The number of hydrogen-bond acceptors (Lipinski definition) is 4. The van der Waals surface area contributed by atoms with Crippen LogP contribution < -0.4 is 10.1 Å². The number of halogens is 3. The summed E-state index contributed by atoms with van der Waals surface area (Å²) in [5.41, 5.74) is -0.0420. The minimum Gasteiger partial charge on any atom is -0.484 e. The van der Waals surface area contributed by atoms with E-state index in [0.29, 0.717) is 30.9 Å². The highest BCUT2D eigenvalue weighted by molar-refractivity contribution is 6.30. The first-order chi connectivity index (χ1) is 14.8. The normalized spacial score (nSPS) is 27.2. The molecule has 0 aromatic heterocycles. The molecule has 1 amide bonds. The molecule has 5 rings (SSSR count). The van der Waals surface area contributed by atoms with Gasteiger partial charge in [-0.2, -0.15) is 0 Å². The van der Waals surface area contributed by atoms with Gasteiger partial charge in [0.05, 0.1) is 28.9 Å². The van der Waals surface area contributed by atoms with Gasteiger partial charge in [0.15, 0.2) is 6.61 Å². The van der Waals surface area contributed by atoms with Gasteiger partial charge < -0.3 is 19.9 Å². The zero-order chi connectivity index (χ0) is 22.1. The minimum atomic E-state index is -0.711. The summed E-state index contributed by atoms with van der Waals surface area (Å²) in [4.78, 5) is 12.5. The molecule has 1 atom stereocenters. The van der Waals surface area contributed by atoms with Crippen molar-refractivity contribution in [3.05, 3.63) is 63.9 Å². The number of aliphatic hydroxyl groups is 1. The van der Waals surface area contributed by atoms with E-state index < -0.39 is 17.5 Å². The molecule has 5 nitrogen and oxygen atoms in total. The predicted molar refractivity (Wildman–Crippen MR) is 116 cm³/mol. The molecule has 2 aromatic carbocycles. The molecule has 0 radical (unpaired) electrons. The molecule has 8 heteroatoms. The van der Waals surface area contributed by atoms with Gasteiger partial charge in [0.1, 0.15) is 11.6 Å². The third kappa shape index (κ3) is 4.98. The molecule has 0 saturated heterocycles. The highest BCUT2D eigenvalue weighted by atomic mass is 35.5. The first-order valence-corrected chi connectivity index (χ1v) is 11.0. The van der Waals surface area contributed by atoms with Crippen LogP contribution >= 0.6 is 23.2 Å². The number of aliphatic hydroxyl groups excluding tert-OH is 1. The van der Waals surface area contributed by atoms with Gasteiger partial charge in [-0.25, -0.2) is 4.39 Å². The number of amides is 1. The number of fused-ring (bicyclic) bond motifs is 3. The van der Waals surface area contributed by atoms with E-state index in [1.54, 1.807) is 0 Å². The number of carbonyl (C=O) groups excluding carboxylic acids is 1. The van der Waals surface area contributed by atoms with Gasteiger partial charge in [0, 0.05) is 17.5 Å². The Labute approximate surface area is 190 Å². The molecule has 2 bridgehead atoms. The van der Waals surface area contributed by atoms with Gasteiger partial charge in [-0.15, -0.1) is 0 Å². The molecule has 31 heavy (non-hydrogen) atoms. The first-order valence-electron chi connectivity index (χ1n) is 10.2. The first kappa shape index (κ1) is 22.3. The molecule has 2 N–H and O–H groups in total. The van der Waals surface area contributed by atoms with E-state index in [1.807, 2.05) is 24.3 Å². The predicted octanol–water partition coefficient (Wildman–Crippen LogP) is 4.66. The Bertz CT molecular complexity index is 945. The van der Waals surface area contributed by atoms with Gasteiger partial charge in [0.25, 0.3) is 5.91 Å². The van der Waals surface area contributed by atoms with Crippen LogP contribution in [0.25, 0.3) is 0 Å². The second-order valence-electron chi connectivity index (χ2n) is 8.39. The van der Waals surface area contributed by atoms with Crippen molar-refractivity contribution in [2.45, 2.75) is 56.0 Å². The molecular weight excluding hydrogens is 444 g/mol. The number of ether oxygens (including phenoxy) is 2. The van der Waals surface area contributed by atoms with Crippen molar-refractivity contribution in [1.82, 2.24) is 5.32 Å². The van der Waals surface area contributed by atoms with Crippen LogP contribution in [0.15, 0.2) is 42.5 Å². The summed E-state index contributed by atoms with van der Waals surface area (Å²) in [5, 5.41) is 14.5. The Hall–Kier alpha value is -1.86. The number of carbonyl (C=O) groups is 1. The summed E-state index contributed by atoms with van der Waals surface area (Å²) in [6, 6.07) is 11.5. The number of hydrogen-bond donors (Lipinski definition) is 2. The third-order valence-electron chi connectivity index (χ3n) is 6.36. The van der Waals surface area contributed by atoms with Crippen molar-refractivity contribution in [3.63, 3.8) is 0 Å². The monoisotopic (exact) mass is 467 g/mol. The van der Waals surface area contributed by atoms with Gasteiger partial charge in [0.2, 0.25) is 0 Å². The topological polar surface area (TPSA) is 67.8 Å². The zero-order valence-electron chi connectivity index (χ0n) is 16.9. The fraction of sp³-hybridized carbons (Fsp3) is 0.435. The van der Waals surface area contributed by atoms with Crippen LogP contribution in [0.3, 0.4) is 0 Å². The zero-order valence-corrected chi connectivity index (χ0v) is 18.4. The molecule has 0 spiro atoms. The molecule has 0 unspecified atom stereocenters. The van der Waals surface area contributed by atoms with Crippen molar-refractivity contribution in [3.8, 4) is 5.75 Å². The number of nitrogens with one attached hydrogen (secondary N) is 1. The van der Waals surface area contributed by atoms with Crippen LogP contribution in [0, 0.1) is 5.82 Å². The quantitative estimate of drug-likeness (QED) is 0.621. The molecular formula is C23H24Cl2FNO4. The molecule has 166 valence electrons. The molecule has 0 aliphatic heterocycles. The SMILES string of the molecule is O=C(COc1ccc(Cl)c(F)c1)NC12CCC(OCc3ccc(Cl)cc3)(CC1)C[C@@H]2O. The fourth-order valence-electron chi connectivity index (χ4n) is 4.49. The molecule has 3 saturated carbocycles. The molecule has 3 fully saturated rings. The summed E-state index contributed by atoms with van der Waals surface area (Å²) in [7, 11) is 0. The van der Waals surface area contributed by atoms with Crippen molar-refractivity contribution in [2.24, 2.45) is 0 Å². The van der Waals surface area contributed by atoms with Crippen LogP contribution in [-0.4, -0.2) is 34.9 Å². The number of rotatable bonds is 7. The van der Waals surface area contributed by atoms with Crippen molar-refractivity contribution in [1.29, 1.82) is 0 Å². The Kier molecular flexibility index (Phi) is 6.44. The molecule has 0 heterocycles. The Balaban J connectivity index is 1.31. The van der Waals surface area contributed by atoms with E-state index in [0.717, 1.165) is 24.5 Å². The Morgan fingerprint density at radius 2 is 1.84 bits per heavy atom. The van der Waals surface area contributed by atoms with E-state index in [9.17, 15) is 14.3 Å². The average molecular weight is 468 g/mol. The number of benzene rings is 2. The maximum absolute atomic E-state index is 13.5. The fourth-order valence-corrected chi connectivity index (χ4v) is 4.74. The molecule has 3 aliphatic carbocycles. The van der Waals surface area contributed by atoms with Crippen molar-refractivity contribution >= 4 is 29.1 Å². The van der Waals surface area contributed by atoms with Crippen molar-refractivity contribution < 1.29 is 23.8 Å². The molecule has 3 aliphatic rings.